The summed E-state index contributed by atoms with van der Waals surface area (Å²) in [5.41, 5.74) is 0.340. The van der Waals surface area contributed by atoms with E-state index in [9.17, 15) is 4.79 Å². The van der Waals surface area contributed by atoms with Crippen molar-refractivity contribution in [2.24, 2.45) is 0 Å². The number of hydrogen-bond donors (Lipinski definition) is 0. The highest BCUT2D eigenvalue weighted by atomic mass is 16.5. The third-order valence-electron chi connectivity index (χ3n) is 3.96. The molecular formula is C15H20O4. The quantitative estimate of drug-likeness (QED) is 0.784. The Bertz CT molecular complexity index is 461. The van der Waals surface area contributed by atoms with Crippen LogP contribution in [-0.2, 0) is 14.9 Å². The first-order valence-corrected chi connectivity index (χ1v) is 6.49. The Hall–Kier alpha value is -1.71. The van der Waals surface area contributed by atoms with Gasteiger partial charge in [-0.25, -0.2) is 0 Å². The van der Waals surface area contributed by atoms with Crippen LogP contribution in [0.5, 0.6) is 11.5 Å². The Morgan fingerprint density at radius 1 is 1.11 bits per heavy atom. The van der Waals surface area contributed by atoms with Crippen molar-refractivity contribution in [1.29, 1.82) is 0 Å². The van der Waals surface area contributed by atoms with Gasteiger partial charge in [-0.3, -0.25) is 4.79 Å². The van der Waals surface area contributed by atoms with E-state index in [4.69, 9.17) is 14.2 Å². The summed E-state index contributed by atoms with van der Waals surface area (Å²) in [5, 5.41) is 0. The van der Waals surface area contributed by atoms with Gasteiger partial charge in [0.15, 0.2) is 0 Å². The Balaban J connectivity index is 2.50. The van der Waals surface area contributed by atoms with Crippen LogP contribution in [0, 0.1) is 0 Å². The largest absolute Gasteiger partial charge is 0.497 e. The van der Waals surface area contributed by atoms with Gasteiger partial charge in [0, 0.05) is 11.6 Å². The topological polar surface area (TPSA) is 44.8 Å². The van der Waals surface area contributed by atoms with Crippen LogP contribution in [0.25, 0.3) is 0 Å². The van der Waals surface area contributed by atoms with E-state index < -0.39 is 5.41 Å². The Morgan fingerprint density at radius 3 is 2.32 bits per heavy atom. The molecule has 0 atom stereocenters. The minimum absolute atomic E-state index is 0.173. The van der Waals surface area contributed by atoms with Crippen molar-refractivity contribution in [3.05, 3.63) is 23.8 Å². The molecule has 0 saturated heterocycles. The molecule has 4 heteroatoms. The molecule has 2 rings (SSSR count). The standard InChI is InChI=1S/C15H20O4/c1-17-11-6-7-12(13(10-11)18-2)15(14(16)19-3)8-4-5-9-15/h6-7,10H,4-5,8-9H2,1-3H3. The van der Waals surface area contributed by atoms with E-state index in [-0.39, 0.29) is 5.97 Å². The molecule has 1 aromatic rings. The molecule has 1 saturated carbocycles. The van der Waals surface area contributed by atoms with Crippen LogP contribution in [0.2, 0.25) is 0 Å². The van der Waals surface area contributed by atoms with E-state index >= 15 is 0 Å². The van der Waals surface area contributed by atoms with Crippen molar-refractivity contribution in [3.63, 3.8) is 0 Å². The number of benzene rings is 1. The minimum Gasteiger partial charge on any atom is -0.497 e. The second-order valence-corrected chi connectivity index (χ2v) is 4.85. The van der Waals surface area contributed by atoms with E-state index in [2.05, 4.69) is 0 Å². The minimum atomic E-state index is -0.563. The van der Waals surface area contributed by atoms with Gasteiger partial charge in [-0.2, -0.15) is 0 Å². The normalized spacial score (nSPS) is 17.0. The summed E-state index contributed by atoms with van der Waals surface area (Å²) in [6.45, 7) is 0. The number of carbonyl (C=O) groups excluding carboxylic acids is 1. The first kappa shape index (κ1) is 13.7. The van der Waals surface area contributed by atoms with Gasteiger partial charge in [0.05, 0.1) is 26.7 Å². The lowest BCUT2D eigenvalue weighted by Gasteiger charge is -2.28. The summed E-state index contributed by atoms with van der Waals surface area (Å²) in [6, 6.07) is 5.60. The smallest absolute Gasteiger partial charge is 0.316 e. The predicted octanol–water partition coefficient (Wildman–Crippen LogP) is 2.69. The Morgan fingerprint density at radius 2 is 1.79 bits per heavy atom. The van der Waals surface area contributed by atoms with E-state index in [1.807, 2.05) is 18.2 Å². The summed E-state index contributed by atoms with van der Waals surface area (Å²) in [5.74, 6) is 1.23. The average Bonchev–Trinajstić information content (AvgIpc) is 2.96. The fourth-order valence-corrected chi connectivity index (χ4v) is 2.95. The molecule has 0 spiro atoms. The zero-order chi connectivity index (χ0) is 13.9. The zero-order valence-corrected chi connectivity index (χ0v) is 11.7. The molecule has 0 aliphatic heterocycles. The molecule has 0 bridgehead atoms. The lowest BCUT2D eigenvalue weighted by molar-refractivity contribution is -0.147. The molecule has 104 valence electrons. The van der Waals surface area contributed by atoms with E-state index in [1.54, 1.807) is 14.2 Å². The van der Waals surface area contributed by atoms with E-state index in [0.29, 0.717) is 5.75 Å². The lowest BCUT2D eigenvalue weighted by Crippen LogP contribution is -2.34. The molecule has 0 aromatic heterocycles. The second-order valence-electron chi connectivity index (χ2n) is 4.85. The van der Waals surface area contributed by atoms with Gasteiger partial charge in [0.1, 0.15) is 11.5 Å². The van der Waals surface area contributed by atoms with Gasteiger partial charge in [-0.05, 0) is 18.9 Å². The number of methoxy groups -OCH3 is 3. The summed E-state index contributed by atoms with van der Waals surface area (Å²) in [7, 11) is 4.66. The van der Waals surface area contributed by atoms with Gasteiger partial charge >= 0.3 is 5.97 Å². The van der Waals surface area contributed by atoms with Gasteiger partial charge in [-0.15, -0.1) is 0 Å². The highest BCUT2D eigenvalue weighted by Crippen LogP contribution is 2.46. The predicted molar refractivity (Wildman–Crippen MR) is 71.7 cm³/mol. The average molecular weight is 264 g/mol. The van der Waals surface area contributed by atoms with Crippen LogP contribution in [0.15, 0.2) is 18.2 Å². The van der Waals surface area contributed by atoms with Crippen LogP contribution in [-0.4, -0.2) is 27.3 Å². The molecule has 1 aromatic carbocycles. The molecule has 0 unspecified atom stereocenters. The van der Waals surface area contributed by atoms with Crippen molar-refractivity contribution >= 4 is 5.97 Å². The summed E-state index contributed by atoms with van der Waals surface area (Å²) in [6.07, 6.45) is 3.68. The highest BCUT2D eigenvalue weighted by molar-refractivity contribution is 5.84. The molecule has 0 radical (unpaired) electrons. The number of rotatable bonds is 4. The fraction of sp³-hybridized carbons (Fsp3) is 0.533. The number of esters is 1. The molecule has 1 aliphatic rings. The van der Waals surface area contributed by atoms with Crippen LogP contribution in [0.3, 0.4) is 0 Å². The first-order valence-electron chi connectivity index (χ1n) is 6.49. The monoisotopic (exact) mass is 264 g/mol. The Labute approximate surface area is 113 Å². The highest BCUT2D eigenvalue weighted by Gasteiger charge is 2.45. The maximum atomic E-state index is 12.3. The molecule has 0 heterocycles. The van der Waals surface area contributed by atoms with Crippen molar-refractivity contribution in [2.45, 2.75) is 31.1 Å². The fourth-order valence-electron chi connectivity index (χ4n) is 2.95. The molecule has 0 N–H and O–H groups in total. The van der Waals surface area contributed by atoms with Crippen molar-refractivity contribution in [3.8, 4) is 11.5 Å². The molecule has 0 amide bonds. The number of hydrogen-bond acceptors (Lipinski definition) is 4. The van der Waals surface area contributed by atoms with Gasteiger partial charge in [0.25, 0.3) is 0 Å². The molecule has 1 aliphatic carbocycles. The van der Waals surface area contributed by atoms with Gasteiger partial charge < -0.3 is 14.2 Å². The van der Waals surface area contributed by atoms with Crippen LogP contribution >= 0.6 is 0 Å². The molecule has 4 nitrogen and oxygen atoms in total. The van der Waals surface area contributed by atoms with Crippen molar-refractivity contribution < 1.29 is 19.0 Å². The summed E-state index contributed by atoms with van der Waals surface area (Å²) < 4.78 is 15.7. The van der Waals surface area contributed by atoms with Gasteiger partial charge in [-0.1, -0.05) is 18.9 Å². The molecular weight excluding hydrogens is 244 g/mol. The third-order valence-corrected chi connectivity index (χ3v) is 3.96. The van der Waals surface area contributed by atoms with Gasteiger partial charge in [0.2, 0.25) is 0 Å². The SMILES string of the molecule is COC(=O)C1(c2ccc(OC)cc2OC)CCCC1. The van der Waals surface area contributed by atoms with Crippen LogP contribution < -0.4 is 9.47 Å². The summed E-state index contributed by atoms with van der Waals surface area (Å²) >= 11 is 0. The number of carbonyl (C=O) groups is 1. The molecule has 1 fully saturated rings. The third kappa shape index (κ3) is 2.27. The maximum absolute atomic E-state index is 12.3. The van der Waals surface area contributed by atoms with Crippen molar-refractivity contribution in [1.82, 2.24) is 0 Å². The Kier molecular flexibility index (Phi) is 3.98. The van der Waals surface area contributed by atoms with Crippen LogP contribution in [0.4, 0.5) is 0 Å². The van der Waals surface area contributed by atoms with E-state index in [1.165, 1.54) is 7.11 Å². The maximum Gasteiger partial charge on any atom is 0.316 e. The first-order chi connectivity index (χ1) is 9.17. The lowest BCUT2D eigenvalue weighted by atomic mass is 9.78. The second kappa shape index (κ2) is 5.51. The zero-order valence-electron chi connectivity index (χ0n) is 11.7. The number of ether oxygens (including phenoxy) is 3. The molecule has 19 heavy (non-hydrogen) atoms. The summed E-state index contributed by atoms with van der Waals surface area (Å²) in [4.78, 5) is 12.3. The van der Waals surface area contributed by atoms with E-state index in [0.717, 1.165) is 37.0 Å². The van der Waals surface area contributed by atoms with Crippen LogP contribution in [0.1, 0.15) is 31.2 Å². The van der Waals surface area contributed by atoms with Crippen molar-refractivity contribution in [2.75, 3.05) is 21.3 Å².